The van der Waals surface area contributed by atoms with Gasteiger partial charge in [-0.05, 0) is 35.7 Å². The first-order valence-corrected chi connectivity index (χ1v) is 8.23. The number of aromatic amines is 1. The van der Waals surface area contributed by atoms with Gasteiger partial charge in [-0.15, -0.1) is 11.3 Å². The molecule has 3 heterocycles. The summed E-state index contributed by atoms with van der Waals surface area (Å²) in [5.41, 5.74) is 2.30. The maximum absolute atomic E-state index is 12.4. The average Bonchev–Trinajstić information content (AvgIpc) is 3.34. The van der Waals surface area contributed by atoms with Gasteiger partial charge in [0.05, 0.1) is 27.9 Å². The van der Waals surface area contributed by atoms with Gasteiger partial charge in [0.1, 0.15) is 5.76 Å². The van der Waals surface area contributed by atoms with Crippen molar-refractivity contribution in [1.29, 1.82) is 0 Å². The first-order valence-electron chi connectivity index (χ1n) is 7.35. The second kappa shape index (κ2) is 6.17. The number of amides is 1. The summed E-state index contributed by atoms with van der Waals surface area (Å²) in [6.45, 7) is 0. The summed E-state index contributed by atoms with van der Waals surface area (Å²) in [4.78, 5) is 20.8. The molecule has 0 unspecified atom stereocenters. The smallest absolute Gasteiger partial charge is 0.265 e. The van der Waals surface area contributed by atoms with Crippen LogP contribution in [0.4, 0.5) is 0 Å². The van der Waals surface area contributed by atoms with Crippen LogP contribution < -0.4 is 5.32 Å². The number of hydrogen-bond donors (Lipinski definition) is 2. The fraction of sp³-hybridized carbons (Fsp3) is 0. The number of furan rings is 1. The minimum absolute atomic E-state index is 0.178. The van der Waals surface area contributed by atoms with Crippen molar-refractivity contribution in [2.75, 3.05) is 0 Å². The van der Waals surface area contributed by atoms with Crippen molar-refractivity contribution in [3.8, 4) is 0 Å². The van der Waals surface area contributed by atoms with Crippen molar-refractivity contribution in [3.05, 3.63) is 76.6 Å². The third kappa shape index (κ3) is 2.87. The molecule has 0 atom stereocenters. The van der Waals surface area contributed by atoms with Crippen LogP contribution >= 0.6 is 11.3 Å². The van der Waals surface area contributed by atoms with E-state index in [4.69, 9.17) is 4.42 Å². The van der Waals surface area contributed by atoms with E-state index in [0.29, 0.717) is 22.2 Å². The predicted octanol–water partition coefficient (Wildman–Crippen LogP) is 4.15. The standard InChI is InChI=1S/C18H13N3O2S/c22-18(16-8-4-10-24-16)21-15(11-12-5-3-9-23-12)17-19-13-6-1-2-7-14(13)20-17/h1-11H,(H,19,20)(H,21,22). The summed E-state index contributed by atoms with van der Waals surface area (Å²) in [7, 11) is 0. The lowest BCUT2D eigenvalue weighted by Crippen LogP contribution is -2.21. The average molecular weight is 335 g/mol. The molecule has 0 aliphatic carbocycles. The third-order valence-electron chi connectivity index (χ3n) is 3.47. The molecule has 4 aromatic rings. The zero-order valence-electron chi connectivity index (χ0n) is 12.5. The Kier molecular flexibility index (Phi) is 3.72. The summed E-state index contributed by atoms with van der Waals surface area (Å²) in [6, 6.07) is 15.0. The van der Waals surface area contributed by atoms with Crippen molar-refractivity contribution in [1.82, 2.24) is 15.3 Å². The van der Waals surface area contributed by atoms with Crippen LogP contribution in [-0.4, -0.2) is 15.9 Å². The second-order valence-corrected chi connectivity index (χ2v) is 6.06. The summed E-state index contributed by atoms with van der Waals surface area (Å²) in [5.74, 6) is 1.04. The van der Waals surface area contributed by atoms with E-state index in [-0.39, 0.29) is 5.91 Å². The molecule has 24 heavy (non-hydrogen) atoms. The highest BCUT2D eigenvalue weighted by atomic mass is 32.1. The minimum atomic E-state index is -0.178. The Balaban J connectivity index is 1.74. The molecule has 0 saturated carbocycles. The van der Waals surface area contributed by atoms with Gasteiger partial charge in [0.15, 0.2) is 5.82 Å². The van der Waals surface area contributed by atoms with Crippen LogP contribution in [0.3, 0.4) is 0 Å². The fourth-order valence-corrected chi connectivity index (χ4v) is 2.97. The molecule has 2 N–H and O–H groups in total. The van der Waals surface area contributed by atoms with Crippen molar-refractivity contribution < 1.29 is 9.21 Å². The van der Waals surface area contributed by atoms with Gasteiger partial charge < -0.3 is 14.7 Å². The number of aromatic nitrogens is 2. The van der Waals surface area contributed by atoms with Crippen molar-refractivity contribution in [2.24, 2.45) is 0 Å². The molecule has 0 bridgehead atoms. The number of rotatable bonds is 4. The van der Waals surface area contributed by atoms with Gasteiger partial charge in [0.25, 0.3) is 5.91 Å². The molecular formula is C18H13N3O2S. The van der Waals surface area contributed by atoms with E-state index in [1.165, 1.54) is 11.3 Å². The zero-order chi connectivity index (χ0) is 16.4. The van der Waals surface area contributed by atoms with E-state index < -0.39 is 0 Å². The summed E-state index contributed by atoms with van der Waals surface area (Å²) in [5, 5.41) is 4.78. The van der Waals surface area contributed by atoms with Crippen LogP contribution in [0.5, 0.6) is 0 Å². The molecule has 0 aliphatic rings. The highest BCUT2D eigenvalue weighted by Crippen LogP contribution is 2.19. The predicted molar refractivity (Wildman–Crippen MR) is 94.5 cm³/mol. The summed E-state index contributed by atoms with van der Waals surface area (Å²) in [6.07, 6.45) is 3.34. The summed E-state index contributed by atoms with van der Waals surface area (Å²) >= 11 is 1.39. The Hall–Kier alpha value is -3.12. The number of nitrogens with zero attached hydrogens (tertiary/aromatic N) is 1. The summed E-state index contributed by atoms with van der Waals surface area (Å²) < 4.78 is 5.37. The molecule has 5 nitrogen and oxygen atoms in total. The van der Waals surface area contributed by atoms with E-state index in [1.54, 1.807) is 24.5 Å². The number of nitrogens with one attached hydrogen (secondary N) is 2. The largest absolute Gasteiger partial charge is 0.465 e. The highest BCUT2D eigenvalue weighted by Gasteiger charge is 2.14. The Morgan fingerprint density at radius 1 is 1.17 bits per heavy atom. The van der Waals surface area contributed by atoms with Gasteiger partial charge in [-0.25, -0.2) is 4.98 Å². The number of thiophene rings is 1. The molecule has 6 heteroatoms. The number of fused-ring (bicyclic) bond motifs is 1. The number of H-pyrrole nitrogens is 1. The van der Waals surface area contributed by atoms with Gasteiger partial charge in [0, 0.05) is 6.08 Å². The Bertz CT molecular complexity index is 965. The van der Waals surface area contributed by atoms with E-state index in [0.717, 1.165) is 11.0 Å². The van der Waals surface area contributed by atoms with Crippen molar-refractivity contribution >= 4 is 40.1 Å². The van der Waals surface area contributed by atoms with Crippen LogP contribution in [-0.2, 0) is 0 Å². The van der Waals surface area contributed by atoms with Gasteiger partial charge >= 0.3 is 0 Å². The van der Waals surface area contributed by atoms with Crippen LogP contribution in [0, 0.1) is 0 Å². The molecule has 0 aliphatic heterocycles. The number of para-hydroxylation sites is 2. The molecular weight excluding hydrogens is 322 g/mol. The number of carbonyl (C=O) groups is 1. The zero-order valence-corrected chi connectivity index (χ0v) is 13.3. The van der Waals surface area contributed by atoms with E-state index in [9.17, 15) is 4.79 Å². The van der Waals surface area contributed by atoms with E-state index in [1.807, 2.05) is 41.8 Å². The lowest BCUT2D eigenvalue weighted by atomic mass is 10.3. The maximum Gasteiger partial charge on any atom is 0.265 e. The molecule has 0 spiro atoms. The molecule has 1 amide bonds. The van der Waals surface area contributed by atoms with Gasteiger partial charge in [0.2, 0.25) is 0 Å². The number of imidazole rings is 1. The normalized spacial score (nSPS) is 11.8. The topological polar surface area (TPSA) is 70.9 Å². The SMILES string of the molecule is O=C(NC(=Cc1ccco1)c1nc2ccccc2[nH]1)c1cccs1. The maximum atomic E-state index is 12.4. The fourth-order valence-electron chi connectivity index (χ4n) is 2.35. The van der Waals surface area contributed by atoms with Crippen molar-refractivity contribution in [2.45, 2.75) is 0 Å². The highest BCUT2D eigenvalue weighted by molar-refractivity contribution is 7.12. The van der Waals surface area contributed by atoms with Crippen molar-refractivity contribution in [3.63, 3.8) is 0 Å². The van der Waals surface area contributed by atoms with E-state index >= 15 is 0 Å². The molecule has 1 aromatic carbocycles. The second-order valence-electron chi connectivity index (χ2n) is 5.11. The molecule has 3 aromatic heterocycles. The molecule has 0 fully saturated rings. The third-order valence-corrected chi connectivity index (χ3v) is 4.34. The van der Waals surface area contributed by atoms with Gasteiger partial charge in [-0.2, -0.15) is 0 Å². The number of carbonyl (C=O) groups excluding carboxylic acids is 1. The lowest BCUT2D eigenvalue weighted by molar-refractivity contribution is 0.0977. The molecule has 0 radical (unpaired) electrons. The minimum Gasteiger partial charge on any atom is -0.465 e. The van der Waals surface area contributed by atoms with Crippen LogP contribution in [0.2, 0.25) is 0 Å². The quantitative estimate of drug-likeness (QED) is 0.588. The molecule has 4 rings (SSSR count). The Morgan fingerprint density at radius 3 is 2.83 bits per heavy atom. The van der Waals surface area contributed by atoms with Gasteiger partial charge in [-0.3, -0.25) is 4.79 Å². The first-order chi connectivity index (χ1) is 11.8. The lowest BCUT2D eigenvalue weighted by Gasteiger charge is -2.06. The number of hydrogen-bond acceptors (Lipinski definition) is 4. The number of benzene rings is 1. The monoisotopic (exact) mass is 335 g/mol. The Labute approximate surface area is 141 Å². The van der Waals surface area contributed by atoms with Gasteiger partial charge in [-0.1, -0.05) is 18.2 Å². The van der Waals surface area contributed by atoms with Crippen LogP contribution in [0.25, 0.3) is 22.8 Å². The van der Waals surface area contributed by atoms with Crippen LogP contribution in [0.1, 0.15) is 21.3 Å². The molecule has 118 valence electrons. The Morgan fingerprint density at radius 2 is 2.08 bits per heavy atom. The first kappa shape index (κ1) is 14.5. The van der Waals surface area contributed by atoms with Crippen LogP contribution in [0.15, 0.2) is 64.6 Å². The van der Waals surface area contributed by atoms with E-state index in [2.05, 4.69) is 15.3 Å². The molecule has 0 saturated heterocycles.